The molecule has 2 amide bonds. The Morgan fingerprint density at radius 2 is 1.86 bits per heavy atom. The molecule has 1 aromatic rings. The van der Waals surface area contributed by atoms with Crippen molar-refractivity contribution in [1.82, 2.24) is 14.7 Å². The summed E-state index contributed by atoms with van der Waals surface area (Å²) in [5.74, 6) is 0.223. The van der Waals surface area contributed by atoms with Crippen molar-refractivity contribution < 1.29 is 9.59 Å². The summed E-state index contributed by atoms with van der Waals surface area (Å²) in [5.41, 5.74) is 3.08. The maximum Gasteiger partial charge on any atom is 0.238 e. The first kappa shape index (κ1) is 20.8. The lowest BCUT2D eigenvalue weighted by Crippen LogP contribution is -2.49. The molecule has 0 atom stereocenters. The number of piperazine rings is 1. The van der Waals surface area contributed by atoms with Gasteiger partial charge in [0.25, 0.3) is 0 Å². The molecule has 3 rings (SSSR count). The van der Waals surface area contributed by atoms with Gasteiger partial charge in [0.1, 0.15) is 0 Å². The third-order valence-corrected chi connectivity index (χ3v) is 5.86. The van der Waals surface area contributed by atoms with Crippen LogP contribution >= 0.6 is 0 Å². The Morgan fingerprint density at radius 3 is 2.50 bits per heavy atom. The highest BCUT2D eigenvalue weighted by atomic mass is 16.2. The van der Waals surface area contributed by atoms with E-state index in [2.05, 4.69) is 22.0 Å². The smallest absolute Gasteiger partial charge is 0.238 e. The molecular formula is C22H34N4O2. The van der Waals surface area contributed by atoms with Crippen molar-refractivity contribution in [2.45, 2.75) is 46.1 Å². The second kappa shape index (κ2) is 9.52. The second-order valence-electron chi connectivity index (χ2n) is 8.13. The molecule has 2 aliphatic rings. The summed E-state index contributed by atoms with van der Waals surface area (Å²) in [6.45, 7) is 11.8. The predicted octanol–water partition coefficient (Wildman–Crippen LogP) is 2.26. The second-order valence-corrected chi connectivity index (χ2v) is 8.13. The zero-order chi connectivity index (χ0) is 20.1. The summed E-state index contributed by atoms with van der Waals surface area (Å²) in [5, 5.41) is 3.04. The molecular weight excluding hydrogens is 352 g/mol. The molecule has 2 fully saturated rings. The summed E-state index contributed by atoms with van der Waals surface area (Å²) in [7, 11) is 0. The fraction of sp³-hybridized carbons (Fsp3) is 0.636. The quantitative estimate of drug-likeness (QED) is 0.745. The first-order valence-electron chi connectivity index (χ1n) is 10.6. The third kappa shape index (κ3) is 5.79. The number of nitrogens with zero attached hydrogens (tertiary/aromatic N) is 3. The Hall–Kier alpha value is -1.92. The van der Waals surface area contributed by atoms with Gasteiger partial charge in [-0.2, -0.15) is 0 Å². The largest absolute Gasteiger partial charge is 0.340 e. The fourth-order valence-corrected chi connectivity index (χ4v) is 3.79. The van der Waals surface area contributed by atoms with Crippen LogP contribution in [0.2, 0.25) is 0 Å². The number of nitrogens with one attached hydrogen (secondary N) is 1. The summed E-state index contributed by atoms with van der Waals surface area (Å²) >= 11 is 0. The van der Waals surface area contributed by atoms with E-state index >= 15 is 0 Å². The van der Waals surface area contributed by atoms with E-state index in [1.165, 1.54) is 0 Å². The van der Waals surface area contributed by atoms with Crippen LogP contribution < -0.4 is 5.32 Å². The Balaban J connectivity index is 1.48. The van der Waals surface area contributed by atoms with Crippen LogP contribution in [0.15, 0.2) is 18.2 Å². The Labute approximate surface area is 168 Å². The van der Waals surface area contributed by atoms with Crippen LogP contribution in [0.3, 0.4) is 0 Å². The molecule has 0 bridgehead atoms. The molecule has 1 aromatic carbocycles. The van der Waals surface area contributed by atoms with Crippen LogP contribution in [0.25, 0.3) is 0 Å². The molecule has 6 nitrogen and oxygen atoms in total. The van der Waals surface area contributed by atoms with Crippen LogP contribution in [0.1, 0.15) is 37.3 Å². The number of carbonyl (C=O) groups is 2. The van der Waals surface area contributed by atoms with Gasteiger partial charge in [-0.05, 0) is 50.4 Å². The van der Waals surface area contributed by atoms with Crippen molar-refractivity contribution >= 4 is 17.5 Å². The van der Waals surface area contributed by atoms with Gasteiger partial charge >= 0.3 is 0 Å². The highest BCUT2D eigenvalue weighted by Gasteiger charge is 2.31. The third-order valence-electron chi connectivity index (χ3n) is 5.86. The fourth-order valence-electron chi connectivity index (χ4n) is 3.79. The molecule has 1 aliphatic carbocycles. The Kier molecular flexibility index (Phi) is 7.08. The normalized spacial score (nSPS) is 17.8. The lowest BCUT2D eigenvalue weighted by atomic mass is 10.1. The van der Waals surface area contributed by atoms with E-state index in [0.29, 0.717) is 25.6 Å². The van der Waals surface area contributed by atoms with E-state index in [0.717, 1.165) is 62.4 Å². The molecule has 28 heavy (non-hydrogen) atoms. The van der Waals surface area contributed by atoms with Gasteiger partial charge in [-0.1, -0.05) is 19.1 Å². The maximum atomic E-state index is 12.6. The van der Waals surface area contributed by atoms with Crippen LogP contribution in [0, 0.1) is 13.8 Å². The molecule has 1 aliphatic heterocycles. The number of amides is 2. The number of carbonyl (C=O) groups excluding carboxylic acids is 2. The van der Waals surface area contributed by atoms with Crippen molar-refractivity contribution in [1.29, 1.82) is 0 Å². The van der Waals surface area contributed by atoms with E-state index < -0.39 is 0 Å². The minimum Gasteiger partial charge on any atom is -0.340 e. The number of anilines is 1. The number of rotatable bonds is 8. The van der Waals surface area contributed by atoms with Crippen LogP contribution in [-0.2, 0) is 9.59 Å². The zero-order valence-electron chi connectivity index (χ0n) is 17.5. The molecule has 0 unspecified atom stereocenters. The Bertz CT molecular complexity index is 694. The van der Waals surface area contributed by atoms with E-state index in [1.807, 2.05) is 36.9 Å². The van der Waals surface area contributed by atoms with Crippen molar-refractivity contribution in [3.8, 4) is 0 Å². The van der Waals surface area contributed by atoms with Gasteiger partial charge in [0.05, 0.1) is 6.54 Å². The zero-order valence-corrected chi connectivity index (χ0v) is 17.5. The lowest BCUT2D eigenvalue weighted by molar-refractivity contribution is -0.133. The summed E-state index contributed by atoms with van der Waals surface area (Å²) < 4.78 is 0. The molecule has 0 spiro atoms. The molecule has 1 N–H and O–H groups in total. The molecule has 154 valence electrons. The molecule has 1 saturated carbocycles. The molecule has 0 aromatic heterocycles. The highest BCUT2D eigenvalue weighted by molar-refractivity contribution is 5.93. The number of aryl methyl sites for hydroxylation is 2. The number of benzene rings is 1. The maximum absolute atomic E-state index is 12.6. The first-order chi connectivity index (χ1) is 13.5. The molecule has 0 radical (unpaired) electrons. The summed E-state index contributed by atoms with van der Waals surface area (Å²) in [6, 6.07) is 6.54. The average molecular weight is 387 g/mol. The van der Waals surface area contributed by atoms with Gasteiger partial charge < -0.3 is 15.1 Å². The van der Waals surface area contributed by atoms with Gasteiger partial charge in [-0.15, -0.1) is 0 Å². The van der Waals surface area contributed by atoms with Gasteiger partial charge in [0.2, 0.25) is 11.8 Å². The molecule has 1 saturated heterocycles. The monoisotopic (exact) mass is 386 g/mol. The summed E-state index contributed by atoms with van der Waals surface area (Å²) in [6.07, 6.45) is 2.75. The van der Waals surface area contributed by atoms with Gasteiger partial charge in [0, 0.05) is 50.9 Å². The average Bonchev–Trinajstić information content (AvgIpc) is 3.53. The van der Waals surface area contributed by atoms with Gasteiger partial charge in [-0.25, -0.2) is 0 Å². The van der Waals surface area contributed by atoms with Crippen LogP contribution in [-0.4, -0.2) is 78.4 Å². The summed E-state index contributed by atoms with van der Waals surface area (Å²) in [4.78, 5) is 31.7. The standard InChI is InChI=1S/C22H34N4O2/c1-4-24-11-13-25(14-12-24)22(28)9-10-26(19-7-8-19)16-21(27)23-20-15-17(2)5-6-18(20)3/h5-6,15,19H,4,7-14,16H2,1-3H3,(H,23,27). The number of hydrogen-bond acceptors (Lipinski definition) is 4. The number of likely N-dealkylation sites (N-methyl/N-ethyl adjacent to an activating group) is 1. The minimum atomic E-state index is 0.00427. The SMILES string of the molecule is CCN1CCN(C(=O)CCN(CC(=O)Nc2cc(C)ccc2C)C2CC2)CC1. The predicted molar refractivity (Wildman–Crippen MR) is 112 cm³/mol. The van der Waals surface area contributed by atoms with Gasteiger partial charge in [-0.3, -0.25) is 14.5 Å². The molecule has 1 heterocycles. The molecule has 6 heteroatoms. The van der Waals surface area contributed by atoms with Crippen LogP contribution in [0.5, 0.6) is 0 Å². The highest BCUT2D eigenvalue weighted by Crippen LogP contribution is 2.27. The van der Waals surface area contributed by atoms with Crippen molar-refractivity contribution in [3.05, 3.63) is 29.3 Å². The number of hydrogen-bond donors (Lipinski definition) is 1. The lowest BCUT2D eigenvalue weighted by Gasteiger charge is -2.34. The van der Waals surface area contributed by atoms with E-state index in [4.69, 9.17) is 0 Å². The first-order valence-corrected chi connectivity index (χ1v) is 10.6. The van der Waals surface area contributed by atoms with Crippen molar-refractivity contribution in [3.63, 3.8) is 0 Å². The van der Waals surface area contributed by atoms with E-state index in [1.54, 1.807) is 0 Å². The Morgan fingerprint density at radius 1 is 1.14 bits per heavy atom. The van der Waals surface area contributed by atoms with Crippen molar-refractivity contribution in [2.75, 3.05) is 51.1 Å². The van der Waals surface area contributed by atoms with E-state index in [-0.39, 0.29) is 11.8 Å². The minimum absolute atomic E-state index is 0.00427. The van der Waals surface area contributed by atoms with Crippen molar-refractivity contribution in [2.24, 2.45) is 0 Å². The topological polar surface area (TPSA) is 55.9 Å². The van der Waals surface area contributed by atoms with Gasteiger partial charge in [0.15, 0.2) is 0 Å². The van der Waals surface area contributed by atoms with Crippen LogP contribution in [0.4, 0.5) is 5.69 Å². The van der Waals surface area contributed by atoms with E-state index in [9.17, 15) is 9.59 Å².